The van der Waals surface area contributed by atoms with Crippen molar-refractivity contribution < 1.29 is 14.6 Å². The van der Waals surface area contributed by atoms with Crippen LogP contribution >= 0.6 is 11.6 Å². The summed E-state index contributed by atoms with van der Waals surface area (Å²) in [5.74, 6) is -0.176. The van der Waals surface area contributed by atoms with Crippen LogP contribution in [0.3, 0.4) is 0 Å². The average Bonchev–Trinajstić information content (AvgIpc) is 2.46. The molecule has 1 aliphatic heterocycles. The minimum Gasteiger partial charge on any atom is -0.394 e. The molecule has 0 bridgehead atoms. The number of aliphatic hydroxyl groups is 1. The van der Waals surface area contributed by atoms with Crippen molar-refractivity contribution in [2.24, 2.45) is 0 Å². The number of ether oxygens (including phenoxy) is 1. The molecule has 4 nitrogen and oxygen atoms in total. The second-order valence-corrected chi connectivity index (χ2v) is 4.65. The van der Waals surface area contributed by atoms with Gasteiger partial charge >= 0.3 is 0 Å². The van der Waals surface area contributed by atoms with Crippen molar-refractivity contribution in [3.05, 3.63) is 35.9 Å². The van der Waals surface area contributed by atoms with E-state index < -0.39 is 5.38 Å². The van der Waals surface area contributed by atoms with Gasteiger partial charge in [0.25, 0.3) is 0 Å². The van der Waals surface area contributed by atoms with Gasteiger partial charge in [0.15, 0.2) is 0 Å². The number of carbonyl (C=O) groups excluding carboxylic acids is 1. The Labute approximate surface area is 111 Å². The number of hydrogen-bond acceptors (Lipinski definition) is 3. The van der Waals surface area contributed by atoms with Crippen LogP contribution in [0.5, 0.6) is 0 Å². The number of aliphatic hydroxyl groups excluding tert-OH is 1. The van der Waals surface area contributed by atoms with Crippen LogP contribution < -0.4 is 0 Å². The number of morpholine rings is 1. The Morgan fingerprint density at radius 1 is 1.50 bits per heavy atom. The van der Waals surface area contributed by atoms with Crippen molar-refractivity contribution in [3.8, 4) is 0 Å². The first-order valence-electron chi connectivity index (χ1n) is 5.92. The molecule has 1 N–H and O–H groups in total. The number of halogens is 1. The summed E-state index contributed by atoms with van der Waals surface area (Å²) in [4.78, 5) is 13.9. The molecule has 2 atom stereocenters. The van der Waals surface area contributed by atoms with E-state index in [-0.39, 0.29) is 18.6 Å². The molecule has 2 rings (SSSR count). The minimum absolute atomic E-state index is 0.107. The van der Waals surface area contributed by atoms with Gasteiger partial charge in [0.05, 0.1) is 25.9 Å². The third-order valence-electron chi connectivity index (χ3n) is 3.03. The molecule has 98 valence electrons. The molecule has 2 unspecified atom stereocenters. The third kappa shape index (κ3) is 2.83. The molecule has 1 aliphatic rings. The van der Waals surface area contributed by atoms with Crippen LogP contribution in [0.25, 0.3) is 0 Å². The van der Waals surface area contributed by atoms with Crippen LogP contribution in [0, 0.1) is 0 Å². The van der Waals surface area contributed by atoms with E-state index in [0.29, 0.717) is 19.8 Å². The zero-order valence-electron chi connectivity index (χ0n) is 9.96. The van der Waals surface area contributed by atoms with E-state index in [1.165, 1.54) is 0 Å². The molecule has 1 heterocycles. The Morgan fingerprint density at radius 2 is 2.22 bits per heavy atom. The number of carbonyl (C=O) groups is 1. The van der Waals surface area contributed by atoms with Crippen LogP contribution in [0.2, 0.25) is 0 Å². The van der Waals surface area contributed by atoms with Crippen LogP contribution in [0.4, 0.5) is 0 Å². The summed E-state index contributed by atoms with van der Waals surface area (Å²) < 4.78 is 5.24. The van der Waals surface area contributed by atoms with E-state index in [1.807, 2.05) is 30.3 Å². The Morgan fingerprint density at radius 3 is 2.89 bits per heavy atom. The van der Waals surface area contributed by atoms with Gasteiger partial charge in [-0.05, 0) is 5.56 Å². The maximum atomic E-state index is 12.3. The zero-order valence-corrected chi connectivity index (χ0v) is 10.7. The number of amides is 1. The maximum Gasteiger partial charge on any atom is 0.245 e. The van der Waals surface area contributed by atoms with Gasteiger partial charge in [0.1, 0.15) is 5.38 Å². The molecule has 1 aromatic carbocycles. The highest BCUT2D eigenvalue weighted by Gasteiger charge is 2.31. The molecule has 1 saturated heterocycles. The molecule has 1 aromatic rings. The summed E-state index contributed by atoms with van der Waals surface area (Å²) in [5, 5.41) is 8.54. The molecular formula is C13H16ClNO3. The first-order valence-corrected chi connectivity index (χ1v) is 6.35. The van der Waals surface area contributed by atoms with Crippen LogP contribution in [0.1, 0.15) is 10.9 Å². The smallest absolute Gasteiger partial charge is 0.245 e. The van der Waals surface area contributed by atoms with Gasteiger partial charge in [-0.1, -0.05) is 30.3 Å². The van der Waals surface area contributed by atoms with Crippen molar-refractivity contribution in [1.82, 2.24) is 4.90 Å². The van der Waals surface area contributed by atoms with Crippen molar-refractivity contribution in [1.29, 1.82) is 0 Å². The fraction of sp³-hybridized carbons (Fsp3) is 0.462. The number of nitrogens with zero attached hydrogens (tertiary/aromatic N) is 1. The lowest BCUT2D eigenvalue weighted by atomic mass is 10.1. The number of hydrogen-bond donors (Lipinski definition) is 1. The fourth-order valence-electron chi connectivity index (χ4n) is 2.01. The van der Waals surface area contributed by atoms with E-state index >= 15 is 0 Å². The van der Waals surface area contributed by atoms with Gasteiger partial charge in [-0.25, -0.2) is 0 Å². The van der Waals surface area contributed by atoms with Gasteiger partial charge < -0.3 is 14.7 Å². The molecule has 5 heteroatoms. The van der Waals surface area contributed by atoms with E-state index in [4.69, 9.17) is 16.3 Å². The van der Waals surface area contributed by atoms with Crippen molar-refractivity contribution in [2.45, 2.75) is 11.4 Å². The Hall–Kier alpha value is -1.10. The predicted molar refractivity (Wildman–Crippen MR) is 68.4 cm³/mol. The molecule has 0 aliphatic carbocycles. The Balaban J connectivity index is 2.10. The summed E-state index contributed by atoms with van der Waals surface area (Å²) in [5.41, 5.74) is 0.771. The molecule has 1 fully saturated rings. The first kappa shape index (κ1) is 13.3. The van der Waals surface area contributed by atoms with Crippen LogP contribution in [-0.4, -0.2) is 48.3 Å². The van der Waals surface area contributed by atoms with E-state index in [2.05, 4.69) is 0 Å². The topological polar surface area (TPSA) is 49.8 Å². The lowest BCUT2D eigenvalue weighted by Crippen LogP contribution is -2.51. The second-order valence-electron chi connectivity index (χ2n) is 4.22. The summed E-state index contributed by atoms with van der Waals surface area (Å²) in [6, 6.07) is 8.93. The molecule has 0 aromatic heterocycles. The number of rotatable bonds is 3. The quantitative estimate of drug-likeness (QED) is 0.839. The molecule has 0 spiro atoms. The lowest BCUT2D eigenvalue weighted by molar-refractivity contribution is -0.141. The zero-order chi connectivity index (χ0) is 13.0. The standard InChI is InChI=1S/C13H16ClNO3/c14-12(10-4-2-1-3-5-10)13(17)15-6-7-18-9-11(15)8-16/h1-5,11-12,16H,6-9H2. The van der Waals surface area contributed by atoms with Crippen LogP contribution in [-0.2, 0) is 9.53 Å². The number of alkyl halides is 1. The largest absolute Gasteiger partial charge is 0.394 e. The van der Waals surface area contributed by atoms with Crippen LogP contribution in [0.15, 0.2) is 30.3 Å². The molecule has 0 saturated carbocycles. The number of benzene rings is 1. The monoisotopic (exact) mass is 269 g/mol. The minimum atomic E-state index is -0.710. The second kappa shape index (κ2) is 6.18. The highest BCUT2D eigenvalue weighted by molar-refractivity contribution is 6.30. The molecule has 0 radical (unpaired) electrons. The molecule has 1 amide bonds. The van der Waals surface area contributed by atoms with Crippen molar-refractivity contribution in [3.63, 3.8) is 0 Å². The fourth-order valence-corrected chi connectivity index (χ4v) is 2.28. The van der Waals surface area contributed by atoms with Gasteiger partial charge in [-0.3, -0.25) is 4.79 Å². The predicted octanol–water partition coefficient (Wildman–Crippen LogP) is 1.19. The van der Waals surface area contributed by atoms with Crippen molar-refractivity contribution in [2.75, 3.05) is 26.4 Å². The lowest BCUT2D eigenvalue weighted by Gasteiger charge is -2.35. The van der Waals surface area contributed by atoms with E-state index in [0.717, 1.165) is 5.56 Å². The molecular weight excluding hydrogens is 254 g/mol. The third-order valence-corrected chi connectivity index (χ3v) is 3.47. The summed E-state index contributed by atoms with van der Waals surface area (Å²) in [6.07, 6.45) is 0. The van der Waals surface area contributed by atoms with Gasteiger partial charge in [0, 0.05) is 6.54 Å². The van der Waals surface area contributed by atoms with Gasteiger partial charge in [-0.2, -0.15) is 0 Å². The summed E-state index contributed by atoms with van der Waals surface area (Å²) >= 11 is 6.20. The van der Waals surface area contributed by atoms with E-state index in [9.17, 15) is 9.90 Å². The van der Waals surface area contributed by atoms with Gasteiger partial charge in [0.2, 0.25) is 5.91 Å². The summed E-state index contributed by atoms with van der Waals surface area (Å²) in [6.45, 7) is 1.21. The average molecular weight is 270 g/mol. The normalized spacial score (nSPS) is 21.7. The highest BCUT2D eigenvalue weighted by Crippen LogP contribution is 2.24. The Bertz CT molecular complexity index is 398. The van der Waals surface area contributed by atoms with Gasteiger partial charge in [-0.15, -0.1) is 11.6 Å². The maximum absolute atomic E-state index is 12.3. The summed E-state index contributed by atoms with van der Waals surface area (Å²) in [7, 11) is 0. The first-order chi connectivity index (χ1) is 8.74. The Kier molecular flexibility index (Phi) is 4.58. The molecule has 18 heavy (non-hydrogen) atoms. The SMILES string of the molecule is O=C(C(Cl)c1ccccc1)N1CCOCC1CO. The van der Waals surface area contributed by atoms with Crippen molar-refractivity contribution >= 4 is 17.5 Å². The van der Waals surface area contributed by atoms with E-state index in [1.54, 1.807) is 4.90 Å². The highest BCUT2D eigenvalue weighted by atomic mass is 35.5.